The number of rotatable bonds is 2. The van der Waals surface area contributed by atoms with Crippen LogP contribution in [0.3, 0.4) is 0 Å². The number of fused-ring (bicyclic) bond motifs is 1. The summed E-state index contributed by atoms with van der Waals surface area (Å²) in [5, 5.41) is 9.05. The number of alkyl halides is 1. The van der Waals surface area contributed by atoms with Gasteiger partial charge in [-0.3, -0.25) is 0 Å². The second-order valence-electron chi connectivity index (χ2n) is 5.05. The second kappa shape index (κ2) is 4.84. The number of aromatic nitrogens is 2. The number of halogens is 1. The van der Waals surface area contributed by atoms with Crippen LogP contribution < -0.4 is 0 Å². The Morgan fingerprint density at radius 1 is 1.53 bits per heavy atom. The van der Waals surface area contributed by atoms with Crippen LogP contribution in [-0.4, -0.2) is 34.6 Å². The molecule has 1 atom stereocenters. The average Bonchev–Trinajstić information content (AvgIpc) is 3.00. The van der Waals surface area contributed by atoms with Crippen molar-refractivity contribution in [2.45, 2.75) is 18.3 Å². The molecule has 0 aliphatic carbocycles. The maximum atomic E-state index is 9.05. The van der Waals surface area contributed by atoms with Crippen molar-refractivity contribution in [1.82, 2.24) is 14.5 Å². The smallest absolute Gasteiger partial charge is 0.125 e. The van der Waals surface area contributed by atoms with E-state index in [0.29, 0.717) is 17.5 Å². The summed E-state index contributed by atoms with van der Waals surface area (Å²) < 4.78 is 2.21. The Hall–Kier alpha value is -1.57. The molecule has 0 N–H and O–H groups in total. The molecule has 2 heterocycles. The van der Waals surface area contributed by atoms with Gasteiger partial charge in [0.1, 0.15) is 5.82 Å². The first-order chi connectivity index (χ1) is 9.22. The fraction of sp³-hybridized carbons (Fsp3) is 0.429. The third-order valence-electron chi connectivity index (χ3n) is 3.74. The average molecular weight is 275 g/mol. The molecule has 98 valence electrons. The fourth-order valence-corrected chi connectivity index (χ4v) is 3.03. The summed E-state index contributed by atoms with van der Waals surface area (Å²) in [4.78, 5) is 6.89. The van der Waals surface area contributed by atoms with Gasteiger partial charge in [0, 0.05) is 12.6 Å². The van der Waals surface area contributed by atoms with E-state index in [1.54, 1.807) is 6.07 Å². The summed E-state index contributed by atoms with van der Waals surface area (Å²) >= 11 is 6.03. The van der Waals surface area contributed by atoms with Gasteiger partial charge in [0.05, 0.1) is 28.5 Å². The number of nitriles is 1. The van der Waals surface area contributed by atoms with E-state index in [0.717, 1.165) is 36.4 Å². The molecule has 1 aromatic heterocycles. The summed E-state index contributed by atoms with van der Waals surface area (Å²) in [6.45, 7) is 2.09. The number of hydrogen-bond acceptors (Lipinski definition) is 3. The van der Waals surface area contributed by atoms with Crippen LogP contribution in [0.25, 0.3) is 11.0 Å². The molecule has 0 saturated carbocycles. The van der Waals surface area contributed by atoms with E-state index in [9.17, 15) is 0 Å². The maximum absolute atomic E-state index is 9.05. The maximum Gasteiger partial charge on any atom is 0.125 e. The summed E-state index contributed by atoms with van der Waals surface area (Å²) in [6, 6.07) is 8.21. The lowest BCUT2D eigenvalue weighted by atomic mass is 10.2. The Balaban J connectivity index is 2.17. The minimum absolute atomic E-state index is 0.400. The van der Waals surface area contributed by atoms with Crippen LogP contribution >= 0.6 is 11.6 Å². The van der Waals surface area contributed by atoms with Crippen molar-refractivity contribution in [2.24, 2.45) is 0 Å². The third kappa shape index (κ3) is 2.09. The van der Waals surface area contributed by atoms with Gasteiger partial charge >= 0.3 is 0 Å². The Morgan fingerprint density at radius 3 is 3.00 bits per heavy atom. The van der Waals surface area contributed by atoms with Crippen molar-refractivity contribution in [2.75, 3.05) is 20.1 Å². The minimum atomic E-state index is 0.400. The van der Waals surface area contributed by atoms with E-state index in [-0.39, 0.29) is 0 Å². The van der Waals surface area contributed by atoms with E-state index >= 15 is 0 Å². The van der Waals surface area contributed by atoms with Gasteiger partial charge in [-0.1, -0.05) is 0 Å². The molecule has 1 unspecified atom stereocenters. The summed E-state index contributed by atoms with van der Waals surface area (Å²) in [5.41, 5.74) is 2.61. The van der Waals surface area contributed by atoms with Crippen LogP contribution in [0.15, 0.2) is 18.2 Å². The Kier molecular flexibility index (Phi) is 3.17. The highest BCUT2D eigenvalue weighted by Crippen LogP contribution is 2.28. The van der Waals surface area contributed by atoms with Gasteiger partial charge < -0.3 is 9.47 Å². The molecule has 0 radical (unpaired) electrons. The van der Waals surface area contributed by atoms with Crippen LogP contribution in [0.4, 0.5) is 0 Å². The van der Waals surface area contributed by atoms with E-state index in [2.05, 4.69) is 27.6 Å². The highest BCUT2D eigenvalue weighted by atomic mass is 35.5. The molecule has 1 aliphatic heterocycles. The van der Waals surface area contributed by atoms with Gasteiger partial charge in [0.25, 0.3) is 0 Å². The minimum Gasteiger partial charge on any atom is -0.322 e. The molecule has 0 bridgehead atoms. The van der Waals surface area contributed by atoms with Crippen LogP contribution in [-0.2, 0) is 5.88 Å². The highest BCUT2D eigenvalue weighted by molar-refractivity contribution is 6.16. The van der Waals surface area contributed by atoms with E-state index in [1.807, 2.05) is 12.1 Å². The fourth-order valence-electron chi connectivity index (χ4n) is 2.84. The number of likely N-dealkylation sites (N-methyl/N-ethyl adjacent to an activating group) is 1. The number of likely N-dealkylation sites (tertiary alicyclic amines) is 1. The first-order valence-corrected chi connectivity index (χ1v) is 6.92. The van der Waals surface area contributed by atoms with Crippen molar-refractivity contribution in [3.05, 3.63) is 29.6 Å². The number of imidazole rings is 1. The van der Waals surface area contributed by atoms with Crippen molar-refractivity contribution in [3.8, 4) is 6.07 Å². The number of nitrogens with zero attached hydrogens (tertiary/aromatic N) is 4. The van der Waals surface area contributed by atoms with Gasteiger partial charge in [-0.05, 0) is 38.2 Å². The standard InChI is InChI=1S/C14H15ClN4/c1-18-5-4-11(9-18)19-13-6-10(8-16)2-3-12(13)17-14(19)7-15/h2-3,6,11H,4-5,7,9H2,1H3. The quantitative estimate of drug-likeness (QED) is 0.791. The Bertz CT molecular complexity index is 655. The molecule has 0 spiro atoms. The van der Waals surface area contributed by atoms with Gasteiger partial charge in [-0.25, -0.2) is 4.98 Å². The van der Waals surface area contributed by atoms with E-state index < -0.39 is 0 Å². The number of benzene rings is 1. The lowest BCUT2D eigenvalue weighted by Gasteiger charge is -2.16. The monoisotopic (exact) mass is 274 g/mol. The topological polar surface area (TPSA) is 44.9 Å². The molecular formula is C14H15ClN4. The van der Waals surface area contributed by atoms with Crippen molar-refractivity contribution in [3.63, 3.8) is 0 Å². The van der Waals surface area contributed by atoms with Gasteiger partial charge in [-0.15, -0.1) is 11.6 Å². The SMILES string of the molecule is CN1CCC(n2c(CCl)nc3ccc(C#N)cc32)C1. The van der Waals surface area contributed by atoms with Crippen LogP contribution in [0, 0.1) is 11.3 Å². The largest absolute Gasteiger partial charge is 0.322 e. The molecular weight excluding hydrogens is 260 g/mol. The molecule has 3 rings (SSSR count). The number of hydrogen-bond donors (Lipinski definition) is 0. The molecule has 1 saturated heterocycles. The predicted molar refractivity (Wildman–Crippen MR) is 75.2 cm³/mol. The lowest BCUT2D eigenvalue weighted by Crippen LogP contribution is -2.17. The van der Waals surface area contributed by atoms with Gasteiger partial charge in [0.15, 0.2) is 0 Å². The molecule has 0 amide bonds. The summed E-state index contributed by atoms with van der Waals surface area (Å²) in [6.07, 6.45) is 1.10. The lowest BCUT2D eigenvalue weighted by molar-refractivity contribution is 0.393. The molecule has 2 aromatic rings. The van der Waals surface area contributed by atoms with E-state index in [4.69, 9.17) is 16.9 Å². The highest BCUT2D eigenvalue weighted by Gasteiger charge is 2.25. The zero-order valence-electron chi connectivity index (χ0n) is 10.8. The molecule has 1 fully saturated rings. The van der Waals surface area contributed by atoms with Crippen LogP contribution in [0.5, 0.6) is 0 Å². The van der Waals surface area contributed by atoms with Crippen LogP contribution in [0.1, 0.15) is 23.9 Å². The van der Waals surface area contributed by atoms with Gasteiger partial charge in [-0.2, -0.15) is 5.26 Å². The van der Waals surface area contributed by atoms with E-state index in [1.165, 1.54) is 0 Å². The molecule has 19 heavy (non-hydrogen) atoms. The normalized spacial score (nSPS) is 19.9. The first-order valence-electron chi connectivity index (χ1n) is 6.38. The zero-order chi connectivity index (χ0) is 13.4. The van der Waals surface area contributed by atoms with Gasteiger partial charge in [0.2, 0.25) is 0 Å². The van der Waals surface area contributed by atoms with Crippen molar-refractivity contribution in [1.29, 1.82) is 5.26 Å². The predicted octanol–water partition coefficient (Wildman–Crippen LogP) is 2.52. The molecule has 1 aromatic carbocycles. The summed E-state index contributed by atoms with van der Waals surface area (Å²) in [5.74, 6) is 1.30. The third-order valence-corrected chi connectivity index (χ3v) is 3.98. The molecule has 4 nitrogen and oxygen atoms in total. The van der Waals surface area contributed by atoms with Crippen molar-refractivity contribution < 1.29 is 0 Å². The second-order valence-corrected chi connectivity index (χ2v) is 5.32. The zero-order valence-corrected chi connectivity index (χ0v) is 11.6. The molecule has 5 heteroatoms. The van der Waals surface area contributed by atoms with Crippen molar-refractivity contribution >= 4 is 22.6 Å². The molecule has 1 aliphatic rings. The van der Waals surface area contributed by atoms with Crippen LogP contribution in [0.2, 0.25) is 0 Å². The first kappa shape index (κ1) is 12.5. The summed E-state index contributed by atoms with van der Waals surface area (Å²) in [7, 11) is 2.13. The Morgan fingerprint density at radius 2 is 2.37 bits per heavy atom. The Labute approximate surface area is 117 Å².